The number of hydrogen-bond donors (Lipinski definition) is 1. The zero-order valence-corrected chi connectivity index (χ0v) is 17.7. The minimum atomic E-state index is -0.856. The van der Waals surface area contributed by atoms with E-state index in [-0.39, 0.29) is 5.41 Å². The first-order valence-electron chi connectivity index (χ1n) is 10.7. The number of carboxylic acid groups (broad SMARTS) is 1. The van der Waals surface area contributed by atoms with Crippen molar-refractivity contribution in [3.63, 3.8) is 0 Å². The van der Waals surface area contributed by atoms with Gasteiger partial charge in [-0.3, -0.25) is 0 Å². The molecule has 4 bridgehead atoms. The molecule has 4 heteroatoms. The van der Waals surface area contributed by atoms with E-state index in [1.54, 1.807) is 31.0 Å². The number of benzene rings is 2. The third-order valence-corrected chi connectivity index (χ3v) is 8.47. The molecule has 3 nitrogen and oxygen atoms in total. The Morgan fingerprint density at radius 2 is 1.72 bits per heavy atom. The van der Waals surface area contributed by atoms with Crippen molar-refractivity contribution in [1.82, 2.24) is 0 Å². The molecule has 0 saturated heterocycles. The van der Waals surface area contributed by atoms with E-state index in [1.807, 2.05) is 12.1 Å². The highest BCUT2D eigenvalue weighted by Gasteiger charge is 2.52. The topological polar surface area (TPSA) is 46.5 Å². The lowest BCUT2D eigenvalue weighted by Gasteiger charge is -2.57. The predicted octanol–water partition coefficient (Wildman–Crippen LogP) is 6.15. The van der Waals surface area contributed by atoms with Crippen LogP contribution in [0.4, 0.5) is 0 Å². The molecule has 29 heavy (non-hydrogen) atoms. The molecular formula is C25H28O3S. The lowest BCUT2D eigenvalue weighted by atomic mass is 9.48. The summed E-state index contributed by atoms with van der Waals surface area (Å²) in [6.45, 7) is 0. The van der Waals surface area contributed by atoms with Crippen LogP contribution in [0, 0.1) is 17.8 Å². The highest BCUT2D eigenvalue weighted by atomic mass is 32.2. The van der Waals surface area contributed by atoms with Gasteiger partial charge in [0.1, 0.15) is 5.75 Å². The Morgan fingerprint density at radius 1 is 1.07 bits per heavy atom. The van der Waals surface area contributed by atoms with Crippen molar-refractivity contribution in [2.24, 2.45) is 17.8 Å². The number of rotatable bonds is 6. The number of methoxy groups -OCH3 is 1. The monoisotopic (exact) mass is 408 g/mol. The molecule has 0 spiro atoms. The van der Waals surface area contributed by atoms with Crippen LogP contribution in [0.15, 0.2) is 47.4 Å². The maximum absolute atomic E-state index is 11.5. The second-order valence-corrected chi connectivity index (χ2v) is 10.4. The lowest BCUT2D eigenvalue weighted by Crippen LogP contribution is -2.48. The van der Waals surface area contributed by atoms with Crippen molar-refractivity contribution < 1.29 is 14.6 Å². The molecular weight excluding hydrogens is 380 g/mol. The Balaban J connectivity index is 1.43. The summed E-state index contributed by atoms with van der Waals surface area (Å²) in [6, 6.07) is 13.9. The lowest BCUT2D eigenvalue weighted by molar-refractivity contribution is -0.00625. The predicted molar refractivity (Wildman–Crippen MR) is 116 cm³/mol. The van der Waals surface area contributed by atoms with Gasteiger partial charge in [-0.15, -0.1) is 11.8 Å². The van der Waals surface area contributed by atoms with Gasteiger partial charge in [0.15, 0.2) is 0 Å². The van der Waals surface area contributed by atoms with Crippen molar-refractivity contribution in [2.45, 2.75) is 54.6 Å². The summed E-state index contributed by atoms with van der Waals surface area (Å²) in [5.41, 5.74) is 2.96. The number of carboxylic acids is 1. The van der Waals surface area contributed by atoms with Gasteiger partial charge < -0.3 is 9.84 Å². The second kappa shape index (κ2) is 7.39. The molecule has 2 aromatic carbocycles. The Bertz CT molecular complexity index is 900. The molecule has 4 aliphatic rings. The van der Waals surface area contributed by atoms with Crippen LogP contribution in [0.5, 0.6) is 5.75 Å². The Labute approximate surface area is 176 Å². The number of ether oxygens (including phenoxy) is 1. The molecule has 4 aliphatic carbocycles. The fourth-order valence-electron chi connectivity index (χ4n) is 6.65. The summed E-state index contributed by atoms with van der Waals surface area (Å²) in [7, 11) is 1.79. The van der Waals surface area contributed by atoms with Crippen molar-refractivity contribution in [3.05, 3.63) is 59.2 Å². The number of carbonyl (C=O) groups is 1. The molecule has 0 atom stereocenters. The molecule has 4 fully saturated rings. The first kappa shape index (κ1) is 19.0. The minimum Gasteiger partial charge on any atom is -0.496 e. The van der Waals surface area contributed by atoms with Gasteiger partial charge in [0, 0.05) is 16.2 Å². The van der Waals surface area contributed by atoms with Crippen molar-refractivity contribution in [1.29, 1.82) is 0 Å². The summed E-state index contributed by atoms with van der Waals surface area (Å²) < 4.78 is 5.82. The third kappa shape index (κ3) is 3.46. The molecule has 1 N–H and O–H groups in total. The third-order valence-electron chi connectivity index (χ3n) is 7.42. The molecule has 2 aromatic rings. The van der Waals surface area contributed by atoms with E-state index < -0.39 is 5.97 Å². The van der Waals surface area contributed by atoms with Crippen molar-refractivity contribution >= 4 is 17.7 Å². The molecule has 4 saturated carbocycles. The van der Waals surface area contributed by atoms with E-state index in [0.29, 0.717) is 11.3 Å². The van der Waals surface area contributed by atoms with Crippen molar-refractivity contribution in [2.75, 3.05) is 7.11 Å². The Hall–Kier alpha value is -1.94. The van der Waals surface area contributed by atoms with E-state index in [9.17, 15) is 9.90 Å². The van der Waals surface area contributed by atoms with Crippen LogP contribution in [0.3, 0.4) is 0 Å². The van der Waals surface area contributed by atoms with Crippen LogP contribution in [-0.4, -0.2) is 18.2 Å². The fraction of sp³-hybridized carbons (Fsp3) is 0.480. The average Bonchev–Trinajstić information content (AvgIpc) is 2.71. The van der Waals surface area contributed by atoms with Gasteiger partial charge in [-0.2, -0.15) is 0 Å². The molecule has 6 rings (SSSR count). The number of aromatic carboxylic acids is 1. The van der Waals surface area contributed by atoms with E-state index in [4.69, 9.17) is 4.74 Å². The summed E-state index contributed by atoms with van der Waals surface area (Å²) in [4.78, 5) is 12.7. The number of hydrogen-bond acceptors (Lipinski definition) is 3. The summed E-state index contributed by atoms with van der Waals surface area (Å²) in [5, 5.41) is 9.45. The smallest absolute Gasteiger partial charge is 0.335 e. The zero-order valence-electron chi connectivity index (χ0n) is 16.9. The van der Waals surface area contributed by atoms with Crippen LogP contribution < -0.4 is 4.74 Å². The van der Waals surface area contributed by atoms with Crippen molar-refractivity contribution in [3.8, 4) is 5.75 Å². The highest BCUT2D eigenvalue weighted by molar-refractivity contribution is 7.98. The Morgan fingerprint density at radius 3 is 2.34 bits per heavy atom. The van der Waals surface area contributed by atoms with Crippen LogP contribution in [0.1, 0.15) is 60.0 Å². The zero-order chi connectivity index (χ0) is 20.0. The van der Waals surface area contributed by atoms with Gasteiger partial charge in [0.05, 0.1) is 12.7 Å². The summed E-state index contributed by atoms with van der Waals surface area (Å²) >= 11 is 1.72. The van der Waals surface area contributed by atoms with Crippen LogP contribution in [0.2, 0.25) is 0 Å². The normalized spacial score (nSPS) is 29.8. The van der Waals surface area contributed by atoms with E-state index in [2.05, 4.69) is 18.2 Å². The van der Waals surface area contributed by atoms with Crippen LogP contribution in [0.25, 0.3) is 0 Å². The fourth-order valence-corrected chi connectivity index (χ4v) is 7.59. The SMILES string of the molecule is COc1ccc(SCc2ccccc2C(=O)O)cc1C12CC3CC(CC(C3)C1)C2. The van der Waals surface area contributed by atoms with Gasteiger partial charge in [0.2, 0.25) is 0 Å². The highest BCUT2D eigenvalue weighted by Crippen LogP contribution is 2.62. The standard InChI is InChI=1S/C25H28O3S/c1-28-23-7-6-20(29-15-19-4-2-3-5-21(19)24(26)27)11-22(23)25-12-16-8-17(13-25)10-18(9-16)14-25/h2-7,11,16-18H,8-10,12-15H2,1H3,(H,26,27). The van der Waals surface area contributed by atoms with Gasteiger partial charge in [0.25, 0.3) is 0 Å². The Kier molecular flexibility index (Phi) is 4.85. The first-order chi connectivity index (χ1) is 14.1. The van der Waals surface area contributed by atoms with Gasteiger partial charge >= 0.3 is 5.97 Å². The van der Waals surface area contributed by atoms with E-state index >= 15 is 0 Å². The number of thioether (sulfide) groups is 1. The van der Waals surface area contributed by atoms with E-state index in [0.717, 1.165) is 29.1 Å². The maximum Gasteiger partial charge on any atom is 0.335 e. The second-order valence-electron chi connectivity index (χ2n) is 9.31. The summed E-state index contributed by atoms with van der Waals surface area (Å²) in [6.07, 6.45) is 8.23. The molecule has 0 unspecified atom stereocenters. The van der Waals surface area contributed by atoms with Gasteiger partial charge in [-0.1, -0.05) is 18.2 Å². The average molecular weight is 409 g/mol. The molecule has 0 heterocycles. The summed E-state index contributed by atoms with van der Waals surface area (Å²) in [5.74, 6) is 3.52. The maximum atomic E-state index is 11.5. The largest absolute Gasteiger partial charge is 0.496 e. The quantitative estimate of drug-likeness (QED) is 0.582. The molecule has 0 amide bonds. The van der Waals surface area contributed by atoms with Gasteiger partial charge in [-0.25, -0.2) is 4.79 Å². The van der Waals surface area contributed by atoms with Crippen LogP contribution >= 0.6 is 11.8 Å². The van der Waals surface area contributed by atoms with Crippen LogP contribution in [-0.2, 0) is 11.2 Å². The molecule has 0 aromatic heterocycles. The molecule has 0 aliphatic heterocycles. The van der Waals surface area contributed by atoms with E-state index in [1.165, 1.54) is 49.0 Å². The minimum absolute atomic E-state index is 0.287. The van der Waals surface area contributed by atoms with Gasteiger partial charge in [-0.05, 0) is 91.5 Å². The molecule has 152 valence electrons. The molecule has 0 radical (unpaired) electrons. The first-order valence-corrected chi connectivity index (χ1v) is 11.7.